The topological polar surface area (TPSA) is 93.1 Å². The number of ether oxygens (including phenoxy) is 2. The van der Waals surface area contributed by atoms with E-state index in [4.69, 9.17) is 19.7 Å². The molecule has 0 aromatic heterocycles. The number of halogens is 8. The summed E-state index contributed by atoms with van der Waals surface area (Å²) in [4.78, 5) is 21.7. The van der Waals surface area contributed by atoms with Gasteiger partial charge < -0.3 is 19.7 Å². The van der Waals surface area contributed by atoms with Crippen molar-refractivity contribution in [2.75, 3.05) is 0 Å². The van der Waals surface area contributed by atoms with Gasteiger partial charge in [0.15, 0.2) is 0 Å². The Hall–Kier alpha value is -2.50. The summed E-state index contributed by atoms with van der Waals surface area (Å²) < 4.78 is 87.3. The summed E-state index contributed by atoms with van der Waals surface area (Å²) in [6, 6.07) is 9.23. The maximum Gasteiger partial charge on any atom is 0.430 e. The van der Waals surface area contributed by atoms with E-state index in [1.807, 2.05) is 45.2 Å². The van der Waals surface area contributed by atoms with Crippen LogP contribution in [0.15, 0.2) is 47.5 Å². The molecule has 36 heavy (non-hydrogen) atoms. The van der Waals surface area contributed by atoms with Crippen LogP contribution < -0.4 is 9.47 Å². The van der Waals surface area contributed by atoms with Crippen LogP contribution in [0, 0.1) is 7.14 Å². The van der Waals surface area contributed by atoms with Gasteiger partial charge in [-0.05, 0) is 81.6 Å². The van der Waals surface area contributed by atoms with Crippen molar-refractivity contribution in [3.05, 3.63) is 65.8 Å². The SMILES string of the molecule is O=C(O)C1=Cc2ccc(I)cc2OC1C(F)(F)F.O=C(O)C1=Cc2ccc(I)cc2OC1C(F)(F)F. The van der Waals surface area contributed by atoms with Crippen LogP contribution in [0.5, 0.6) is 11.5 Å². The second-order valence-corrected chi connectivity index (χ2v) is 9.74. The number of aliphatic carboxylic acids is 2. The van der Waals surface area contributed by atoms with E-state index in [-0.39, 0.29) is 11.5 Å². The third-order valence-electron chi connectivity index (χ3n) is 4.72. The maximum absolute atomic E-state index is 12.7. The molecule has 6 nitrogen and oxygen atoms in total. The van der Waals surface area contributed by atoms with Crippen LogP contribution in [0.3, 0.4) is 0 Å². The molecule has 2 aliphatic rings. The highest BCUT2D eigenvalue weighted by Gasteiger charge is 2.49. The fraction of sp³-hybridized carbons (Fsp3) is 0.182. The van der Waals surface area contributed by atoms with E-state index >= 15 is 0 Å². The number of carboxylic acids is 2. The molecular weight excluding hydrogens is 728 g/mol. The lowest BCUT2D eigenvalue weighted by Crippen LogP contribution is -2.40. The van der Waals surface area contributed by atoms with Crippen molar-refractivity contribution < 1.29 is 55.6 Å². The highest BCUT2D eigenvalue weighted by Crippen LogP contribution is 2.39. The fourth-order valence-corrected chi connectivity index (χ4v) is 4.09. The number of rotatable bonds is 2. The molecule has 2 heterocycles. The molecule has 2 atom stereocenters. The number of hydrogen-bond acceptors (Lipinski definition) is 4. The Labute approximate surface area is 225 Å². The molecule has 192 valence electrons. The van der Waals surface area contributed by atoms with Crippen LogP contribution >= 0.6 is 45.2 Å². The molecule has 0 bridgehead atoms. The van der Waals surface area contributed by atoms with Gasteiger partial charge in [0.25, 0.3) is 0 Å². The van der Waals surface area contributed by atoms with Gasteiger partial charge in [0, 0.05) is 18.3 Å². The molecule has 0 saturated carbocycles. The van der Waals surface area contributed by atoms with Crippen LogP contribution in [0.4, 0.5) is 26.3 Å². The van der Waals surface area contributed by atoms with Gasteiger partial charge in [0.05, 0.1) is 11.1 Å². The van der Waals surface area contributed by atoms with Crippen LogP contribution in [-0.2, 0) is 9.59 Å². The maximum atomic E-state index is 12.7. The molecule has 2 N–H and O–H groups in total. The molecule has 14 heteroatoms. The van der Waals surface area contributed by atoms with Crippen molar-refractivity contribution in [3.8, 4) is 11.5 Å². The van der Waals surface area contributed by atoms with Gasteiger partial charge in [-0.2, -0.15) is 26.3 Å². The molecule has 0 radical (unpaired) electrons. The Morgan fingerprint density at radius 3 is 1.31 bits per heavy atom. The van der Waals surface area contributed by atoms with Crippen LogP contribution in [0.25, 0.3) is 12.2 Å². The van der Waals surface area contributed by atoms with E-state index in [2.05, 4.69) is 0 Å². The zero-order valence-electron chi connectivity index (χ0n) is 17.3. The van der Waals surface area contributed by atoms with Crippen LogP contribution in [0.1, 0.15) is 11.1 Å². The lowest BCUT2D eigenvalue weighted by molar-refractivity contribution is -0.187. The molecule has 0 aliphatic carbocycles. The van der Waals surface area contributed by atoms with E-state index in [1.165, 1.54) is 24.3 Å². The van der Waals surface area contributed by atoms with Gasteiger partial charge in [0.2, 0.25) is 12.2 Å². The number of fused-ring (bicyclic) bond motifs is 2. The Morgan fingerprint density at radius 2 is 1.03 bits per heavy atom. The van der Waals surface area contributed by atoms with E-state index in [9.17, 15) is 35.9 Å². The number of carboxylic acid groups (broad SMARTS) is 2. The summed E-state index contributed by atoms with van der Waals surface area (Å²) in [6.45, 7) is 0. The van der Waals surface area contributed by atoms with Gasteiger partial charge in [-0.15, -0.1) is 0 Å². The summed E-state index contributed by atoms with van der Waals surface area (Å²) in [5, 5.41) is 17.6. The molecule has 2 aliphatic heterocycles. The van der Waals surface area contributed by atoms with Gasteiger partial charge in [-0.25, -0.2) is 9.59 Å². The minimum absolute atomic E-state index is 0.0363. The molecule has 0 fully saturated rings. The average molecular weight is 740 g/mol. The minimum Gasteiger partial charge on any atom is -0.478 e. The number of hydrogen-bond donors (Lipinski definition) is 2. The first-order valence-electron chi connectivity index (χ1n) is 9.53. The summed E-state index contributed by atoms with van der Waals surface area (Å²) in [6.07, 6.45) is -12.4. The minimum atomic E-state index is -4.76. The average Bonchev–Trinajstić information content (AvgIpc) is 2.76. The standard InChI is InChI=1S/2C11H6F3IO3/c2*12-11(13,14)9-7(10(16)17)3-5-1-2-6(15)4-8(5)18-9/h2*1-4,9H,(H,16,17). The Morgan fingerprint density at radius 1 is 0.694 bits per heavy atom. The summed E-state index contributed by atoms with van der Waals surface area (Å²) in [5.74, 6) is -3.20. The van der Waals surface area contributed by atoms with Gasteiger partial charge in [-0.1, -0.05) is 12.1 Å². The van der Waals surface area contributed by atoms with Gasteiger partial charge in [0.1, 0.15) is 11.5 Å². The monoisotopic (exact) mass is 740 g/mol. The van der Waals surface area contributed by atoms with Crippen molar-refractivity contribution in [2.45, 2.75) is 24.6 Å². The van der Waals surface area contributed by atoms with Crippen LogP contribution in [-0.4, -0.2) is 46.7 Å². The molecule has 2 aromatic rings. The van der Waals surface area contributed by atoms with E-state index in [0.717, 1.165) is 12.2 Å². The van der Waals surface area contributed by atoms with Crippen molar-refractivity contribution in [1.82, 2.24) is 0 Å². The van der Waals surface area contributed by atoms with E-state index < -0.39 is 47.6 Å². The summed E-state index contributed by atoms with van der Waals surface area (Å²) >= 11 is 3.87. The second kappa shape index (κ2) is 10.5. The Balaban J connectivity index is 0.000000201. The third kappa shape index (κ3) is 6.43. The summed E-state index contributed by atoms with van der Waals surface area (Å²) in [7, 11) is 0. The molecule has 2 aromatic carbocycles. The fourth-order valence-electron chi connectivity index (χ4n) is 3.16. The lowest BCUT2D eigenvalue weighted by Gasteiger charge is -2.27. The molecule has 0 spiro atoms. The van der Waals surface area contributed by atoms with Crippen molar-refractivity contribution in [1.29, 1.82) is 0 Å². The highest BCUT2D eigenvalue weighted by molar-refractivity contribution is 14.1. The molecular formula is C22H12F6I2O6. The first kappa shape index (κ1) is 28.1. The van der Waals surface area contributed by atoms with Crippen molar-refractivity contribution in [3.63, 3.8) is 0 Å². The van der Waals surface area contributed by atoms with E-state index in [1.54, 1.807) is 12.1 Å². The lowest BCUT2D eigenvalue weighted by atomic mass is 10.0. The zero-order chi connectivity index (χ0) is 27.0. The van der Waals surface area contributed by atoms with Gasteiger partial charge in [-0.3, -0.25) is 0 Å². The first-order chi connectivity index (χ1) is 16.6. The molecule has 0 saturated heterocycles. The van der Waals surface area contributed by atoms with Crippen molar-refractivity contribution in [2.24, 2.45) is 0 Å². The highest BCUT2D eigenvalue weighted by atomic mass is 127. The largest absolute Gasteiger partial charge is 0.478 e. The summed E-state index contributed by atoms with van der Waals surface area (Å²) in [5.41, 5.74) is -0.964. The Bertz CT molecular complexity index is 1170. The smallest absolute Gasteiger partial charge is 0.430 e. The Kier molecular flexibility index (Phi) is 8.17. The van der Waals surface area contributed by atoms with Crippen LogP contribution in [0.2, 0.25) is 0 Å². The first-order valence-corrected chi connectivity index (χ1v) is 11.7. The zero-order valence-corrected chi connectivity index (χ0v) is 21.6. The second-order valence-electron chi connectivity index (χ2n) is 7.25. The quantitative estimate of drug-likeness (QED) is 0.283. The predicted octanol–water partition coefficient (Wildman–Crippen LogP) is 6.17. The molecule has 0 amide bonds. The normalized spacial score (nSPS) is 18.7. The third-order valence-corrected chi connectivity index (χ3v) is 6.06. The number of benzene rings is 2. The number of alkyl halides is 6. The predicted molar refractivity (Wildman–Crippen MR) is 130 cm³/mol. The number of carbonyl (C=O) groups is 2. The molecule has 4 rings (SSSR count). The van der Waals surface area contributed by atoms with Gasteiger partial charge >= 0.3 is 24.3 Å². The molecule has 2 unspecified atom stereocenters. The van der Waals surface area contributed by atoms with Crippen molar-refractivity contribution >= 4 is 69.3 Å². The van der Waals surface area contributed by atoms with E-state index in [0.29, 0.717) is 18.3 Å².